The molecule has 0 aromatic carbocycles. The van der Waals surface area contributed by atoms with Gasteiger partial charge < -0.3 is 18.3 Å². The topological polar surface area (TPSA) is 49.4 Å². The second kappa shape index (κ2) is 5.20. The van der Waals surface area contributed by atoms with Crippen molar-refractivity contribution in [1.29, 1.82) is 0 Å². The maximum absolute atomic E-state index is 12.2. The molecule has 0 bridgehead atoms. The Kier molecular flexibility index (Phi) is 4.74. The molecule has 9 heteroatoms. The molecule has 1 aliphatic carbocycles. The van der Waals surface area contributed by atoms with E-state index in [1.54, 1.807) is 0 Å². The molecule has 1 saturated carbocycles. The van der Waals surface area contributed by atoms with E-state index >= 15 is 0 Å². The van der Waals surface area contributed by atoms with E-state index in [0.717, 1.165) is 12.8 Å². The monoisotopic (exact) mass is 274 g/mol. The van der Waals surface area contributed by atoms with Gasteiger partial charge >= 0.3 is 64.4 Å². The van der Waals surface area contributed by atoms with Gasteiger partial charge in [0, 0.05) is 6.44 Å². The van der Waals surface area contributed by atoms with Gasteiger partial charge in [0.15, 0.2) is 0 Å². The summed E-state index contributed by atoms with van der Waals surface area (Å²) in [7, 11) is 0. The first-order valence-corrected chi connectivity index (χ1v) is 5.19. The molecule has 2 aliphatic rings. The predicted octanol–water partition coefficient (Wildman–Crippen LogP) is -1.76. The van der Waals surface area contributed by atoms with E-state index in [-0.39, 0.29) is 51.4 Å². The molecule has 17 heavy (non-hydrogen) atoms. The number of imide groups is 1. The van der Waals surface area contributed by atoms with Crippen molar-refractivity contribution in [2.45, 2.75) is 31.2 Å². The second-order valence-electron chi connectivity index (χ2n) is 4.35. The van der Waals surface area contributed by atoms with E-state index in [9.17, 15) is 22.5 Å². The fraction of sp³-hybridized carbons (Fsp3) is 0.750. The molecule has 1 saturated heterocycles. The molecule has 1 spiro atoms. The number of nitrogens with zero attached hydrogens (tertiary/aromatic N) is 1. The van der Waals surface area contributed by atoms with Crippen molar-refractivity contribution in [3.63, 3.8) is 0 Å². The van der Waals surface area contributed by atoms with Crippen molar-refractivity contribution in [1.82, 2.24) is 10.2 Å². The van der Waals surface area contributed by atoms with Gasteiger partial charge in [0.2, 0.25) is 0 Å². The Morgan fingerprint density at radius 2 is 1.76 bits per heavy atom. The Balaban J connectivity index is 0.00000144. The zero-order valence-electron chi connectivity index (χ0n) is 9.51. The van der Waals surface area contributed by atoms with Crippen LogP contribution in [0.25, 0.3) is 0 Å². The number of rotatable bonds is 2. The largest absolute Gasteiger partial charge is 1.00 e. The summed E-state index contributed by atoms with van der Waals surface area (Å²) in [5.74, 6) is -0.714. The number of hydrogen-bond donors (Lipinski definition) is 1. The summed E-state index contributed by atoms with van der Waals surface area (Å²) in [4.78, 5) is 23.4. The van der Waals surface area contributed by atoms with Crippen LogP contribution in [0.15, 0.2) is 0 Å². The van der Waals surface area contributed by atoms with Crippen LogP contribution < -0.4 is 56.7 Å². The number of hydrogen-bond acceptors (Lipinski definition) is 2. The third-order valence-corrected chi connectivity index (χ3v) is 3.09. The number of amides is 3. The number of urea groups is 1. The van der Waals surface area contributed by atoms with Gasteiger partial charge in [-0.05, 0) is 12.8 Å². The van der Waals surface area contributed by atoms with Gasteiger partial charge in [-0.25, -0.2) is 4.79 Å². The summed E-state index contributed by atoms with van der Waals surface area (Å²) < 4.78 is 36.7. The fourth-order valence-electron chi connectivity index (χ4n) is 2.37. The molecule has 0 atom stereocenters. The fourth-order valence-corrected chi connectivity index (χ4v) is 2.37. The summed E-state index contributed by atoms with van der Waals surface area (Å²) >= 11 is 0. The number of nitrogens with one attached hydrogen (secondary N) is 1. The maximum Gasteiger partial charge on any atom is 1.00 e. The van der Waals surface area contributed by atoms with Crippen molar-refractivity contribution >= 4 is 18.9 Å². The molecule has 0 unspecified atom stereocenters. The van der Waals surface area contributed by atoms with E-state index in [1.807, 2.05) is 0 Å². The molecular formula is C8H11BF3KN2O2. The van der Waals surface area contributed by atoms with E-state index in [1.165, 1.54) is 0 Å². The molecule has 3 amide bonds. The first-order valence-electron chi connectivity index (χ1n) is 5.19. The molecule has 4 nitrogen and oxygen atoms in total. The molecule has 0 aromatic rings. The van der Waals surface area contributed by atoms with Gasteiger partial charge in [0.25, 0.3) is 5.91 Å². The van der Waals surface area contributed by atoms with Gasteiger partial charge in [-0.15, -0.1) is 0 Å². The van der Waals surface area contributed by atoms with Crippen molar-refractivity contribution in [3.05, 3.63) is 0 Å². The van der Waals surface area contributed by atoms with Crippen molar-refractivity contribution in [3.8, 4) is 0 Å². The SMILES string of the molecule is O=C1NC2(CCCC2)C(=O)N1C[B-](F)(F)F.[K+]. The minimum absolute atomic E-state index is 0. The normalized spacial score (nSPS) is 22.9. The Hall–Kier alpha value is 0.431. The molecule has 90 valence electrons. The van der Waals surface area contributed by atoms with Gasteiger partial charge in [-0.2, -0.15) is 0 Å². The first kappa shape index (κ1) is 15.5. The summed E-state index contributed by atoms with van der Waals surface area (Å²) in [6.45, 7) is -5.17. The number of carbonyl (C=O) groups excluding carboxylic acids is 2. The van der Waals surface area contributed by atoms with Crippen LogP contribution >= 0.6 is 0 Å². The minimum Gasteiger partial charge on any atom is -0.448 e. The number of carbonyl (C=O) groups is 2. The van der Waals surface area contributed by atoms with E-state index in [0.29, 0.717) is 17.7 Å². The van der Waals surface area contributed by atoms with Crippen LogP contribution in [0.1, 0.15) is 25.7 Å². The van der Waals surface area contributed by atoms with E-state index in [2.05, 4.69) is 5.32 Å². The summed E-state index contributed by atoms with van der Waals surface area (Å²) in [6.07, 6.45) is 0.971. The van der Waals surface area contributed by atoms with Gasteiger partial charge in [0.05, 0.1) is 0 Å². The Labute approximate surface area is 139 Å². The molecule has 0 radical (unpaired) electrons. The summed E-state index contributed by atoms with van der Waals surface area (Å²) in [5.41, 5.74) is -1.04. The van der Waals surface area contributed by atoms with Crippen LogP contribution in [-0.2, 0) is 4.79 Å². The Morgan fingerprint density at radius 1 is 1.24 bits per heavy atom. The smallest absolute Gasteiger partial charge is 0.448 e. The average molecular weight is 274 g/mol. The summed E-state index contributed by atoms with van der Waals surface area (Å²) in [5, 5.41) is 2.40. The minimum atomic E-state index is -5.17. The molecule has 1 N–H and O–H groups in total. The quantitative estimate of drug-likeness (QED) is 0.479. The Morgan fingerprint density at radius 3 is 2.24 bits per heavy atom. The molecule has 2 fully saturated rings. The first-order chi connectivity index (χ1) is 7.34. The van der Waals surface area contributed by atoms with Gasteiger partial charge in [0.1, 0.15) is 5.54 Å². The number of halogens is 3. The summed E-state index contributed by atoms with van der Waals surface area (Å²) in [6, 6.07) is -0.911. The molecule has 1 heterocycles. The van der Waals surface area contributed by atoms with Crippen molar-refractivity contribution in [2.75, 3.05) is 6.44 Å². The third kappa shape index (κ3) is 3.06. The van der Waals surface area contributed by atoms with E-state index < -0.39 is 30.9 Å². The molecule has 0 aromatic heterocycles. The molecule has 2 rings (SSSR count). The van der Waals surface area contributed by atoms with Crippen LogP contribution in [0.4, 0.5) is 17.7 Å². The van der Waals surface area contributed by atoms with Crippen LogP contribution in [0.2, 0.25) is 0 Å². The average Bonchev–Trinajstić information content (AvgIpc) is 2.68. The zero-order chi connectivity index (χ0) is 12.0. The van der Waals surface area contributed by atoms with Crippen LogP contribution in [0.5, 0.6) is 0 Å². The van der Waals surface area contributed by atoms with Crippen LogP contribution in [0, 0.1) is 0 Å². The van der Waals surface area contributed by atoms with Gasteiger partial charge in [-0.3, -0.25) is 9.69 Å². The predicted molar refractivity (Wildman–Crippen MR) is 50.5 cm³/mol. The molecule has 1 aliphatic heterocycles. The van der Waals surface area contributed by atoms with Crippen LogP contribution in [-0.4, -0.2) is 35.8 Å². The molecular weight excluding hydrogens is 263 g/mol. The zero-order valence-corrected chi connectivity index (χ0v) is 12.6. The maximum atomic E-state index is 12.2. The van der Waals surface area contributed by atoms with Gasteiger partial charge in [-0.1, -0.05) is 12.8 Å². The van der Waals surface area contributed by atoms with E-state index in [4.69, 9.17) is 0 Å². The standard InChI is InChI=1S/C8H11BF3N2O2.K/c10-9(11,12)5-14-6(15)8(13-7(14)16)3-1-2-4-8;/h1-5H2,(H,13,16);/q-1;+1. The Bertz CT molecular complexity index is 344. The second-order valence-corrected chi connectivity index (χ2v) is 4.35. The van der Waals surface area contributed by atoms with Crippen molar-refractivity contribution < 1.29 is 73.9 Å². The van der Waals surface area contributed by atoms with Crippen LogP contribution in [0.3, 0.4) is 0 Å². The third-order valence-electron chi connectivity index (χ3n) is 3.09. The van der Waals surface area contributed by atoms with Crippen molar-refractivity contribution in [2.24, 2.45) is 0 Å².